The maximum absolute atomic E-state index is 12.6. The zero-order valence-electron chi connectivity index (χ0n) is 16.4. The average Bonchev–Trinajstić information content (AvgIpc) is 2.98. The van der Waals surface area contributed by atoms with E-state index in [1.165, 1.54) is 5.38 Å². The first-order chi connectivity index (χ1) is 12.0. The Morgan fingerprint density at radius 2 is 1.96 bits per heavy atom. The van der Waals surface area contributed by atoms with E-state index < -0.39 is 23.8 Å². The fraction of sp³-hybridized carbons (Fsp3) is 0.722. The number of carboxylic acid groups (broad SMARTS) is 1. The normalized spacial score (nSPS) is 14.2. The lowest BCUT2D eigenvalue weighted by Crippen LogP contribution is -2.46. The summed E-state index contributed by atoms with van der Waals surface area (Å²) in [5.74, 6) is -1.04. The van der Waals surface area contributed by atoms with Crippen LogP contribution in [0.1, 0.15) is 76.0 Å². The molecule has 0 saturated carbocycles. The zero-order chi connectivity index (χ0) is 20.1. The van der Waals surface area contributed by atoms with Crippen LogP contribution in [0, 0.1) is 5.92 Å². The summed E-state index contributed by atoms with van der Waals surface area (Å²) < 4.78 is 5.52. The van der Waals surface area contributed by atoms with Crippen LogP contribution in [0.15, 0.2) is 5.38 Å². The number of aliphatic hydroxyl groups is 1. The highest BCUT2D eigenvalue weighted by atomic mass is 32.1. The van der Waals surface area contributed by atoms with Crippen molar-refractivity contribution in [2.75, 3.05) is 6.54 Å². The molecule has 0 aromatic carbocycles. The minimum absolute atomic E-state index is 0.0808. The third kappa shape index (κ3) is 6.57. The minimum Gasteiger partial charge on any atom is -0.476 e. The number of carbonyl (C=O) groups is 2. The molecule has 26 heavy (non-hydrogen) atoms. The molecule has 1 amide bonds. The lowest BCUT2D eigenvalue weighted by molar-refractivity contribution is 0.00305. The summed E-state index contributed by atoms with van der Waals surface area (Å²) in [6.07, 6.45) is -0.319. The van der Waals surface area contributed by atoms with Crippen molar-refractivity contribution in [1.29, 1.82) is 0 Å². The van der Waals surface area contributed by atoms with E-state index in [1.807, 2.05) is 41.5 Å². The fourth-order valence-corrected chi connectivity index (χ4v) is 3.37. The van der Waals surface area contributed by atoms with Gasteiger partial charge in [0.2, 0.25) is 0 Å². The second-order valence-corrected chi connectivity index (χ2v) is 8.50. The van der Waals surface area contributed by atoms with E-state index in [4.69, 9.17) is 9.84 Å². The zero-order valence-corrected chi connectivity index (χ0v) is 17.2. The summed E-state index contributed by atoms with van der Waals surface area (Å²) in [6.45, 7) is 11.9. The van der Waals surface area contributed by atoms with Gasteiger partial charge in [-0.25, -0.2) is 14.6 Å². The van der Waals surface area contributed by atoms with E-state index in [0.717, 1.165) is 17.8 Å². The number of aliphatic hydroxyl groups excluding tert-OH is 1. The number of aromatic nitrogens is 1. The Morgan fingerprint density at radius 1 is 1.35 bits per heavy atom. The van der Waals surface area contributed by atoms with E-state index in [2.05, 4.69) is 4.98 Å². The molecule has 1 rings (SSSR count). The predicted octanol–water partition coefficient (Wildman–Crippen LogP) is 3.94. The molecule has 1 aromatic heterocycles. The average molecular weight is 387 g/mol. The molecule has 7 nitrogen and oxygen atoms in total. The van der Waals surface area contributed by atoms with E-state index in [-0.39, 0.29) is 24.1 Å². The minimum atomic E-state index is -1.12. The van der Waals surface area contributed by atoms with Crippen molar-refractivity contribution >= 4 is 23.4 Å². The van der Waals surface area contributed by atoms with Gasteiger partial charge >= 0.3 is 12.1 Å². The Hall–Kier alpha value is -1.67. The third-order valence-corrected chi connectivity index (χ3v) is 4.70. The molecule has 8 heteroatoms. The lowest BCUT2D eigenvalue weighted by atomic mass is 9.96. The number of carbonyl (C=O) groups excluding carboxylic acids is 1. The number of aromatic carboxylic acids is 1. The smallest absolute Gasteiger partial charge is 0.410 e. The van der Waals surface area contributed by atoms with Gasteiger partial charge in [0.25, 0.3) is 0 Å². The molecule has 0 spiro atoms. The monoisotopic (exact) mass is 386 g/mol. The van der Waals surface area contributed by atoms with E-state index in [0.29, 0.717) is 11.6 Å². The fourth-order valence-electron chi connectivity index (χ4n) is 2.58. The van der Waals surface area contributed by atoms with Gasteiger partial charge in [0, 0.05) is 24.4 Å². The van der Waals surface area contributed by atoms with Crippen LogP contribution in [0.2, 0.25) is 0 Å². The van der Waals surface area contributed by atoms with Crippen LogP contribution in [-0.2, 0) is 4.74 Å². The third-order valence-electron chi connectivity index (χ3n) is 3.75. The van der Waals surface area contributed by atoms with Gasteiger partial charge in [-0.3, -0.25) is 0 Å². The van der Waals surface area contributed by atoms with Crippen LogP contribution in [0.3, 0.4) is 0 Å². The van der Waals surface area contributed by atoms with Crippen molar-refractivity contribution in [2.45, 2.75) is 72.1 Å². The first-order valence-corrected chi connectivity index (χ1v) is 9.70. The van der Waals surface area contributed by atoms with Crippen molar-refractivity contribution in [2.24, 2.45) is 5.92 Å². The van der Waals surface area contributed by atoms with Gasteiger partial charge in [0.05, 0.1) is 0 Å². The van der Waals surface area contributed by atoms with Gasteiger partial charge < -0.3 is 19.8 Å². The number of hydrogen-bond acceptors (Lipinski definition) is 6. The molecule has 1 aromatic rings. The Kier molecular flexibility index (Phi) is 8.02. The van der Waals surface area contributed by atoms with Crippen molar-refractivity contribution < 1.29 is 24.5 Å². The highest BCUT2D eigenvalue weighted by molar-refractivity contribution is 7.09. The van der Waals surface area contributed by atoms with Crippen molar-refractivity contribution in [1.82, 2.24) is 9.88 Å². The first-order valence-electron chi connectivity index (χ1n) is 8.82. The molecule has 2 N–H and O–H groups in total. The number of rotatable bonds is 8. The molecular formula is C18H30N2O5S. The SMILES string of the molecule is CCCN(C(=O)OC(C)(C)C)[C@@H](C[C@H](O)c1nc(C(=O)O)cs1)C(C)C. The second kappa shape index (κ2) is 9.32. The summed E-state index contributed by atoms with van der Waals surface area (Å²) in [6, 6.07) is -0.253. The van der Waals surface area contributed by atoms with Gasteiger partial charge in [0.15, 0.2) is 5.69 Å². The molecule has 148 valence electrons. The van der Waals surface area contributed by atoms with Crippen molar-refractivity contribution in [3.63, 3.8) is 0 Å². The van der Waals surface area contributed by atoms with Gasteiger partial charge in [0.1, 0.15) is 16.7 Å². The number of thiazole rings is 1. The topological polar surface area (TPSA) is 100.0 Å². The molecule has 0 bridgehead atoms. The Balaban J connectivity index is 2.98. The summed E-state index contributed by atoms with van der Waals surface area (Å²) in [5.41, 5.74) is -0.683. The van der Waals surface area contributed by atoms with Crippen LogP contribution in [-0.4, -0.2) is 50.3 Å². The van der Waals surface area contributed by atoms with E-state index >= 15 is 0 Å². The van der Waals surface area contributed by atoms with E-state index in [1.54, 1.807) is 4.90 Å². The number of carboxylic acids is 1. The summed E-state index contributed by atoms with van der Waals surface area (Å²) in [5, 5.41) is 21.3. The molecule has 0 saturated heterocycles. The molecule has 0 radical (unpaired) electrons. The van der Waals surface area contributed by atoms with Gasteiger partial charge in [-0.1, -0.05) is 20.8 Å². The van der Waals surface area contributed by atoms with E-state index in [9.17, 15) is 14.7 Å². The van der Waals surface area contributed by atoms with Gasteiger partial charge in [-0.15, -0.1) is 11.3 Å². The number of ether oxygens (including phenoxy) is 1. The highest BCUT2D eigenvalue weighted by Gasteiger charge is 2.32. The highest BCUT2D eigenvalue weighted by Crippen LogP contribution is 2.28. The van der Waals surface area contributed by atoms with Crippen molar-refractivity contribution in [3.05, 3.63) is 16.1 Å². The molecule has 0 aliphatic carbocycles. The van der Waals surface area contributed by atoms with Crippen molar-refractivity contribution in [3.8, 4) is 0 Å². The standard InChI is InChI=1S/C18H30N2O5S/c1-7-8-20(17(24)25-18(4,5)6)13(11(2)3)9-14(21)15-19-12(10-26-15)16(22)23/h10-11,13-14,21H,7-9H2,1-6H3,(H,22,23)/t13-,14-/m0/s1. The molecule has 0 aliphatic heterocycles. The Labute approximate surface area is 159 Å². The van der Waals surface area contributed by atoms with Crippen LogP contribution < -0.4 is 0 Å². The van der Waals surface area contributed by atoms with Crippen LogP contribution in [0.4, 0.5) is 4.79 Å². The molecule has 2 atom stereocenters. The molecular weight excluding hydrogens is 356 g/mol. The maximum Gasteiger partial charge on any atom is 0.410 e. The van der Waals surface area contributed by atoms with Crippen LogP contribution in [0.5, 0.6) is 0 Å². The second-order valence-electron chi connectivity index (χ2n) is 7.61. The summed E-state index contributed by atoms with van der Waals surface area (Å²) in [4.78, 5) is 29.2. The number of hydrogen-bond donors (Lipinski definition) is 2. The number of nitrogens with zero attached hydrogens (tertiary/aromatic N) is 2. The lowest BCUT2D eigenvalue weighted by Gasteiger charge is -2.36. The Bertz CT molecular complexity index is 609. The quantitative estimate of drug-likeness (QED) is 0.702. The Morgan fingerprint density at radius 3 is 2.38 bits per heavy atom. The summed E-state index contributed by atoms with van der Waals surface area (Å²) >= 11 is 1.11. The predicted molar refractivity (Wildman–Crippen MR) is 101 cm³/mol. The van der Waals surface area contributed by atoms with Crippen LogP contribution >= 0.6 is 11.3 Å². The molecule has 0 aliphatic rings. The molecule has 0 fully saturated rings. The molecule has 1 heterocycles. The van der Waals surface area contributed by atoms with Gasteiger partial charge in [-0.05, 0) is 33.1 Å². The van der Waals surface area contributed by atoms with Crippen LogP contribution in [0.25, 0.3) is 0 Å². The largest absolute Gasteiger partial charge is 0.476 e. The maximum atomic E-state index is 12.6. The van der Waals surface area contributed by atoms with Gasteiger partial charge in [-0.2, -0.15) is 0 Å². The number of amides is 1. The molecule has 0 unspecified atom stereocenters. The first kappa shape index (κ1) is 22.4. The summed E-state index contributed by atoms with van der Waals surface area (Å²) in [7, 11) is 0.